The van der Waals surface area contributed by atoms with E-state index in [9.17, 15) is 43.2 Å². The van der Waals surface area contributed by atoms with Crippen molar-refractivity contribution in [1.82, 2.24) is 47.5 Å². The highest BCUT2D eigenvalue weighted by molar-refractivity contribution is 5.98. The van der Waals surface area contributed by atoms with Crippen LogP contribution >= 0.6 is 0 Å². The molecule has 0 spiro atoms. The lowest BCUT2D eigenvalue weighted by Gasteiger charge is -2.27. The van der Waals surface area contributed by atoms with Gasteiger partial charge in [-0.2, -0.15) is 0 Å². The summed E-state index contributed by atoms with van der Waals surface area (Å²) in [4.78, 5) is 129. The number of aromatic amines is 1. The summed E-state index contributed by atoms with van der Waals surface area (Å²) in [6.45, 7) is 4.62. The summed E-state index contributed by atoms with van der Waals surface area (Å²) in [6.07, 6.45) is 3.00. The molecule has 7 atom stereocenters. The molecular formula is C47H67N13O9. The van der Waals surface area contributed by atoms with E-state index in [1.54, 1.807) is 36.5 Å². The predicted octanol–water partition coefficient (Wildman–Crippen LogP) is -1.19. The number of rotatable bonds is 17. The van der Waals surface area contributed by atoms with Gasteiger partial charge in [0.15, 0.2) is 5.96 Å². The van der Waals surface area contributed by atoms with Gasteiger partial charge in [-0.1, -0.05) is 68.3 Å². The predicted molar refractivity (Wildman–Crippen MR) is 257 cm³/mol. The number of benzene rings is 2. The third-order valence-electron chi connectivity index (χ3n) is 11.5. The van der Waals surface area contributed by atoms with Crippen LogP contribution in [0.3, 0.4) is 0 Å². The Morgan fingerprint density at radius 2 is 1.49 bits per heavy atom. The largest absolute Gasteiger partial charge is 0.370 e. The molecule has 69 heavy (non-hydrogen) atoms. The molecule has 2 heterocycles. The Morgan fingerprint density at radius 1 is 0.797 bits per heavy atom. The second-order valence-corrected chi connectivity index (χ2v) is 17.1. The molecule has 2 aromatic carbocycles. The average Bonchev–Trinajstić information content (AvgIpc) is 3.72. The summed E-state index contributed by atoms with van der Waals surface area (Å²) in [5.74, 6) is -6.59. The van der Waals surface area contributed by atoms with Crippen LogP contribution in [0, 0.1) is 0 Å². The number of aromatic nitrogens is 1. The third-order valence-corrected chi connectivity index (χ3v) is 11.5. The summed E-state index contributed by atoms with van der Waals surface area (Å²) in [5.41, 5.74) is 19.0. The molecule has 0 unspecified atom stereocenters. The molecule has 1 aliphatic rings. The maximum absolute atomic E-state index is 14.3. The number of amides is 9. The van der Waals surface area contributed by atoms with Crippen LogP contribution < -0.4 is 59.7 Å². The highest BCUT2D eigenvalue weighted by Crippen LogP contribution is 2.19. The van der Waals surface area contributed by atoms with Crippen LogP contribution in [0.25, 0.3) is 10.9 Å². The van der Waals surface area contributed by atoms with Gasteiger partial charge in [0.1, 0.15) is 42.3 Å². The van der Waals surface area contributed by atoms with Crippen molar-refractivity contribution >= 4 is 70.0 Å². The maximum Gasteiger partial charge on any atom is 0.243 e. The molecule has 0 bridgehead atoms. The second-order valence-electron chi connectivity index (χ2n) is 17.1. The van der Waals surface area contributed by atoms with E-state index in [1.807, 2.05) is 31.2 Å². The molecule has 1 saturated heterocycles. The fraction of sp³-hybridized carbons (Fsp3) is 0.489. The minimum atomic E-state index is -1.34. The molecule has 1 aromatic heterocycles. The van der Waals surface area contributed by atoms with Gasteiger partial charge in [0, 0.05) is 56.4 Å². The smallest absolute Gasteiger partial charge is 0.243 e. The van der Waals surface area contributed by atoms with E-state index in [0.717, 1.165) is 17.3 Å². The Bertz CT molecular complexity index is 2300. The molecule has 1 aliphatic heterocycles. The number of guanidine groups is 1. The summed E-state index contributed by atoms with van der Waals surface area (Å²) in [6, 6.07) is 7.34. The number of unbranched alkanes of at least 4 members (excludes halogenated alkanes) is 1. The number of hydrogen-bond acceptors (Lipinski definition) is 10. The van der Waals surface area contributed by atoms with Gasteiger partial charge in [-0.3, -0.25) is 48.1 Å². The second kappa shape index (κ2) is 27.3. The fourth-order valence-corrected chi connectivity index (χ4v) is 7.70. The zero-order valence-corrected chi connectivity index (χ0v) is 39.4. The van der Waals surface area contributed by atoms with E-state index in [4.69, 9.17) is 17.2 Å². The van der Waals surface area contributed by atoms with Crippen molar-refractivity contribution in [2.24, 2.45) is 22.2 Å². The van der Waals surface area contributed by atoms with Gasteiger partial charge in [-0.25, -0.2) is 0 Å². The molecule has 3 aromatic rings. The van der Waals surface area contributed by atoms with E-state index in [2.05, 4.69) is 52.5 Å². The Morgan fingerprint density at radius 3 is 2.19 bits per heavy atom. The molecule has 4 rings (SSSR count). The average molecular weight is 958 g/mol. The highest BCUT2D eigenvalue weighted by Gasteiger charge is 2.34. The van der Waals surface area contributed by atoms with Gasteiger partial charge >= 0.3 is 0 Å². The molecule has 0 radical (unpaired) electrons. The van der Waals surface area contributed by atoms with Crippen LogP contribution in [0.5, 0.6) is 0 Å². The van der Waals surface area contributed by atoms with Crippen LogP contribution in [-0.2, 0) is 56.0 Å². The van der Waals surface area contributed by atoms with E-state index < -0.39 is 95.5 Å². The van der Waals surface area contributed by atoms with E-state index in [0.29, 0.717) is 17.5 Å². The zero-order chi connectivity index (χ0) is 50.5. The van der Waals surface area contributed by atoms with Gasteiger partial charge < -0.3 is 64.7 Å². The van der Waals surface area contributed by atoms with E-state index in [1.165, 1.54) is 13.8 Å². The number of fused-ring (bicyclic) bond motifs is 1. The molecule has 374 valence electrons. The normalized spacial score (nSPS) is 20.9. The number of carbonyl (C=O) groups is 9. The van der Waals surface area contributed by atoms with Gasteiger partial charge in [0.05, 0.1) is 0 Å². The lowest BCUT2D eigenvalue weighted by molar-refractivity contribution is -0.135. The topological polar surface area (TPSA) is 356 Å². The Hall–Kier alpha value is -7.52. The number of hydrogen-bond donors (Lipinski definition) is 12. The zero-order valence-electron chi connectivity index (χ0n) is 39.4. The minimum Gasteiger partial charge on any atom is -0.370 e. The van der Waals surface area contributed by atoms with Crippen molar-refractivity contribution in [3.63, 3.8) is 0 Å². The van der Waals surface area contributed by atoms with Crippen molar-refractivity contribution in [2.75, 3.05) is 13.1 Å². The highest BCUT2D eigenvalue weighted by atomic mass is 16.2. The van der Waals surface area contributed by atoms with Crippen molar-refractivity contribution in [3.8, 4) is 0 Å². The van der Waals surface area contributed by atoms with E-state index >= 15 is 0 Å². The Labute approximate surface area is 400 Å². The fourth-order valence-electron chi connectivity index (χ4n) is 7.70. The lowest BCUT2D eigenvalue weighted by atomic mass is 10.0. The first-order valence-corrected chi connectivity index (χ1v) is 23.2. The quantitative estimate of drug-likeness (QED) is 0.0434. The number of aliphatic imine (C=N–C) groups is 1. The van der Waals surface area contributed by atoms with Crippen molar-refractivity contribution in [3.05, 3.63) is 71.9 Å². The standard InChI is InChI=1S/C47H67N13O9/c1-4-5-16-33(55-28(3)61)43(66)58-36-20-21-39(62)51-22-11-18-35(45(68)59-37(40(48)63)25-30-26-53-32-17-10-9-15-31(30)32)56-44(67)34(19-12-23-52-47(49)50)57-46(69)38(24-29-13-7-6-8-14-29)60-41(64)27(2)54-42(36)65/h6-10,13-15,17,26-27,33-38,53H,4-5,11-12,16,18-25H2,1-3H3,(H2,48,63)(H,51,62)(H,54,65)(H,55,61)(H,56,67)(H,57,69)(H,58,66)(H,59,68)(H,60,64)(H4,49,50,52)/t27-,33-,34-,35-,36-,37-,38+/m0/s1. The minimum absolute atomic E-state index is 0.00499. The SMILES string of the molecule is CCCC[C@H](NC(C)=O)C(=O)N[C@H]1CCC(=O)NCCC[C@@H](C(=O)N[C@@H](Cc2c[nH]c3ccccc23)C(N)=O)NC(=O)[C@H](CCCN=C(N)N)NC(=O)[C@@H](Cc2ccccc2)NC(=O)[C@H](C)NC1=O. The van der Waals surface area contributed by atoms with Gasteiger partial charge in [-0.15, -0.1) is 0 Å². The van der Waals surface area contributed by atoms with Gasteiger partial charge in [-0.05, 0) is 62.6 Å². The van der Waals surface area contributed by atoms with E-state index in [-0.39, 0.29) is 76.8 Å². The first-order valence-electron chi connectivity index (χ1n) is 23.2. The third kappa shape index (κ3) is 17.9. The Balaban J connectivity index is 1.68. The lowest BCUT2D eigenvalue weighted by Crippen LogP contribution is -2.60. The summed E-state index contributed by atoms with van der Waals surface area (Å²) in [5, 5.41) is 22.2. The molecular weight excluding hydrogens is 891 g/mol. The monoisotopic (exact) mass is 958 g/mol. The molecule has 9 amide bonds. The van der Waals surface area contributed by atoms with Crippen molar-refractivity contribution in [1.29, 1.82) is 0 Å². The molecule has 0 aliphatic carbocycles. The van der Waals surface area contributed by atoms with Crippen LogP contribution in [0.1, 0.15) is 89.7 Å². The van der Waals surface area contributed by atoms with Crippen LogP contribution in [0.4, 0.5) is 0 Å². The molecule has 15 N–H and O–H groups in total. The van der Waals surface area contributed by atoms with Gasteiger partial charge in [0.2, 0.25) is 53.2 Å². The van der Waals surface area contributed by atoms with Gasteiger partial charge in [0.25, 0.3) is 0 Å². The number of primary amides is 1. The maximum atomic E-state index is 14.3. The Kier molecular flexibility index (Phi) is 21.4. The summed E-state index contributed by atoms with van der Waals surface area (Å²) < 4.78 is 0. The molecule has 1 fully saturated rings. The summed E-state index contributed by atoms with van der Waals surface area (Å²) >= 11 is 0. The number of H-pyrrole nitrogens is 1. The number of para-hydroxylation sites is 1. The molecule has 22 heteroatoms. The molecule has 22 nitrogen and oxygen atoms in total. The number of nitrogens with one attached hydrogen (secondary N) is 9. The van der Waals surface area contributed by atoms with Crippen molar-refractivity contribution in [2.45, 2.75) is 134 Å². The number of nitrogens with zero attached hydrogens (tertiary/aromatic N) is 1. The first kappa shape index (κ1) is 54.1. The van der Waals surface area contributed by atoms with Crippen LogP contribution in [-0.4, -0.2) is 119 Å². The van der Waals surface area contributed by atoms with Crippen LogP contribution in [0.2, 0.25) is 0 Å². The number of nitrogens with two attached hydrogens (primary N) is 3. The van der Waals surface area contributed by atoms with Crippen LogP contribution in [0.15, 0.2) is 65.8 Å². The van der Waals surface area contributed by atoms with Crippen molar-refractivity contribution < 1.29 is 43.2 Å². The number of carbonyl (C=O) groups excluding carboxylic acids is 9. The summed E-state index contributed by atoms with van der Waals surface area (Å²) in [7, 11) is 0. The molecule has 0 saturated carbocycles. The first-order chi connectivity index (χ1) is 32.9.